The molecule has 0 aliphatic carbocycles. The van der Waals surface area contributed by atoms with E-state index in [4.69, 9.17) is 4.42 Å². The lowest BCUT2D eigenvalue weighted by atomic mass is 10.2. The summed E-state index contributed by atoms with van der Waals surface area (Å²) in [7, 11) is 0. The highest BCUT2D eigenvalue weighted by Crippen LogP contribution is 2.17. The van der Waals surface area contributed by atoms with Crippen molar-refractivity contribution in [1.82, 2.24) is 4.57 Å². The van der Waals surface area contributed by atoms with Gasteiger partial charge in [0.25, 0.3) is 5.56 Å². The van der Waals surface area contributed by atoms with Gasteiger partial charge >= 0.3 is 0 Å². The van der Waals surface area contributed by atoms with Crippen molar-refractivity contribution in [2.45, 2.75) is 6.54 Å². The number of aromatic nitrogens is 1. The Bertz CT molecular complexity index is 509. The Morgan fingerprint density at radius 2 is 2.27 bits per heavy atom. The predicted molar refractivity (Wildman–Crippen MR) is 58.6 cm³/mol. The number of pyridine rings is 1. The normalized spacial score (nSPS) is 10.1. The summed E-state index contributed by atoms with van der Waals surface area (Å²) < 4.78 is 6.84. The van der Waals surface area contributed by atoms with Gasteiger partial charge in [0.1, 0.15) is 5.76 Å². The van der Waals surface area contributed by atoms with E-state index in [2.05, 4.69) is 6.58 Å². The number of hydrogen-bond acceptors (Lipinski definition) is 2. The number of nitrogens with zero attached hydrogens (tertiary/aromatic N) is 1. The summed E-state index contributed by atoms with van der Waals surface area (Å²) in [4.78, 5) is 11.4. The van der Waals surface area contributed by atoms with Gasteiger partial charge in [-0.15, -0.1) is 6.58 Å². The van der Waals surface area contributed by atoms with Gasteiger partial charge in [-0.2, -0.15) is 0 Å². The Morgan fingerprint density at radius 1 is 1.40 bits per heavy atom. The van der Waals surface area contributed by atoms with Gasteiger partial charge < -0.3 is 8.98 Å². The maximum Gasteiger partial charge on any atom is 0.250 e. The zero-order valence-corrected chi connectivity index (χ0v) is 8.22. The topological polar surface area (TPSA) is 35.1 Å². The van der Waals surface area contributed by atoms with Crippen molar-refractivity contribution in [3.05, 3.63) is 59.7 Å². The Morgan fingerprint density at radius 3 is 2.93 bits per heavy atom. The highest BCUT2D eigenvalue weighted by molar-refractivity contribution is 5.55. The van der Waals surface area contributed by atoms with Gasteiger partial charge in [0.15, 0.2) is 0 Å². The van der Waals surface area contributed by atoms with Gasteiger partial charge in [0.2, 0.25) is 0 Å². The summed E-state index contributed by atoms with van der Waals surface area (Å²) >= 11 is 0. The second-order valence-electron chi connectivity index (χ2n) is 3.17. The van der Waals surface area contributed by atoms with Gasteiger partial charge in [-0.25, -0.2) is 0 Å². The molecule has 0 fully saturated rings. The second-order valence-corrected chi connectivity index (χ2v) is 3.17. The van der Waals surface area contributed by atoms with Crippen LogP contribution in [0.2, 0.25) is 0 Å². The Labute approximate surface area is 87.3 Å². The van der Waals surface area contributed by atoms with Gasteiger partial charge in [0.05, 0.1) is 6.26 Å². The lowest BCUT2D eigenvalue weighted by Crippen LogP contribution is -2.17. The van der Waals surface area contributed by atoms with Crippen molar-refractivity contribution in [2.75, 3.05) is 0 Å². The first-order valence-corrected chi connectivity index (χ1v) is 4.66. The largest absolute Gasteiger partial charge is 0.464 e. The van der Waals surface area contributed by atoms with Crippen LogP contribution in [-0.4, -0.2) is 4.57 Å². The molecule has 15 heavy (non-hydrogen) atoms. The Kier molecular flexibility index (Phi) is 2.54. The molecule has 0 unspecified atom stereocenters. The van der Waals surface area contributed by atoms with Crippen LogP contribution in [-0.2, 0) is 6.54 Å². The van der Waals surface area contributed by atoms with Crippen molar-refractivity contribution in [3.63, 3.8) is 0 Å². The molecule has 0 atom stereocenters. The van der Waals surface area contributed by atoms with Crippen LogP contribution in [0.1, 0.15) is 0 Å². The maximum atomic E-state index is 11.4. The molecule has 0 spiro atoms. The van der Waals surface area contributed by atoms with E-state index in [1.54, 1.807) is 29.2 Å². The zero-order chi connectivity index (χ0) is 10.7. The van der Waals surface area contributed by atoms with Crippen molar-refractivity contribution in [3.8, 4) is 11.3 Å². The maximum absolute atomic E-state index is 11.4. The summed E-state index contributed by atoms with van der Waals surface area (Å²) in [6.07, 6.45) is 5.06. The molecule has 0 aromatic carbocycles. The minimum absolute atomic E-state index is 0.0368. The Balaban J connectivity index is 2.47. The molecule has 2 aromatic rings. The summed E-state index contributed by atoms with van der Waals surface area (Å²) in [6, 6.07) is 6.96. The zero-order valence-electron chi connectivity index (χ0n) is 8.22. The van der Waals surface area contributed by atoms with E-state index in [1.165, 1.54) is 6.07 Å². The molecule has 2 heterocycles. The third-order valence-corrected chi connectivity index (χ3v) is 2.11. The number of allylic oxidation sites excluding steroid dienone is 1. The van der Waals surface area contributed by atoms with E-state index in [0.29, 0.717) is 6.54 Å². The molecule has 2 aromatic heterocycles. The van der Waals surface area contributed by atoms with Gasteiger partial charge in [-0.1, -0.05) is 6.08 Å². The standard InChI is InChI=1S/C12H11NO2/c1-2-7-13-9-10(5-6-12(13)14)11-4-3-8-15-11/h2-6,8-9H,1,7H2. The molecule has 0 N–H and O–H groups in total. The third-order valence-electron chi connectivity index (χ3n) is 2.11. The average Bonchev–Trinajstić information content (AvgIpc) is 2.75. The summed E-state index contributed by atoms with van der Waals surface area (Å²) in [5.74, 6) is 0.757. The van der Waals surface area contributed by atoms with Crippen molar-refractivity contribution >= 4 is 0 Å². The van der Waals surface area contributed by atoms with E-state index in [9.17, 15) is 4.79 Å². The van der Waals surface area contributed by atoms with Crippen molar-refractivity contribution in [1.29, 1.82) is 0 Å². The minimum atomic E-state index is -0.0368. The molecule has 0 saturated carbocycles. The van der Waals surface area contributed by atoms with E-state index in [0.717, 1.165) is 11.3 Å². The molecule has 0 radical (unpaired) electrons. The van der Waals surface area contributed by atoms with Crippen LogP contribution in [0.25, 0.3) is 11.3 Å². The van der Waals surface area contributed by atoms with Crippen LogP contribution in [0, 0.1) is 0 Å². The van der Waals surface area contributed by atoms with Crippen LogP contribution in [0.5, 0.6) is 0 Å². The molecule has 76 valence electrons. The van der Waals surface area contributed by atoms with E-state index in [1.807, 2.05) is 12.1 Å². The average molecular weight is 201 g/mol. The molecular weight excluding hydrogens is 190 g/mol. The minimum Gasteiger partial charge on any atom is -0.464 e. The van der Waals surface area contributed by atoms with Crippen LogP contribution in [0.4, 0.5) is 0 Å². The summed E-state index contributed by atoms with van der Waals surface area (Å²) in [5.41, 5.74) is 0.853. The fourth-order valence-corrected chi connectivity index (χ4v) is 1.40. The third kappa shape index (κ3) is 1.91. The fourth-order valence-electron chi connectivity index (χ4n) is 1.40. The van der Waals surface area contributed by atoms with Crippen molar-refractivity contribution < 1.29 is 4.42 Å². The first kappa shape index (κ1) is 9.52. The van der Waals surface area contributed by atoms with Crippen LogP contribution in [0.15, 0.2) is 58.6 Å². The lowest BCUT2D eigenvalue weighted by molar-refractivity contribution is 0.581. The molecule has 0 bridgehead atoms. The monoisotopic (exact) mass is 201 g/mol. The highest BCUT2D eigenvalue weighted by Gasteiger charge is 2.02. The van der Waals surface area contributed by atoms with Crippen LogP contribution < -0.4 is 5.56 Å². The van der Waals surface area contributed by atoms with Crippen LogP contribution in [0.3, 0.4) is 0 Å². The fraction of sp³-hybridized carbons (Fsp3) is 0.0833. The predicted octanol–water partition coefficient (Wildman–Crippen LogP) is 2.29. The van der Waals surface area contributed by atoms with E-state index < -0.39 is 0 Å². The number of furan rings is 1. The molecular formula is C12H11NO2. The van der Waals surface area contributed by atoms with Crippen LogP contribution >= 0.6 is 0 Å². The molecule has 2 rings (SSSR count). The molecule has 3 nitrogen and oxygen atoms in total. The quantitative estimate of drug-likeness (QED) is 0.714. The molecule has 3 heteroatoms. The smallest absolute Gasteiger partial charge is 0.250 e. The first-order valence-electron chi connectivity index (χ1n) is 4.66. The number of hydrogen-bond donors (Lipinski definition) is 0. The molecule has 0 aliphatic rings. The first-order chi connectivity index (χ1) is 7.31. The summed E-state index contributed by atoms with van der Waals surface area (Å²) in [5, 5.41) is 0. The molecule has 0 saturated heterocycles. The van der Waals surface area contributed by atoms with E-state index >= 15 is 0 Å². The van der Waals surface area contributed by atoms with Gasteiger partial charge in [-0.3, -0.25) is 4.79 Å². The number of rotatable bonds is 3. The molecule has 0 amide bonds. The molecule has 0 aliphatic heterocycles. The van der Waals surface area contributed by atoms with Crippen molar-refractivity contribution in [2.24, 2.45) is 0 Å². The lowest BCUT2D eigenvalue weighted by Gasteiger charge is -2.03. The Hall–Kier alpha value is -2.03. The van der Waals surface area contributed by atoms with Gasteiger partial charge in [0, 0.05) is 24.4 Å². The second kappa shape index (κ2) is 4.00. The SMILES string of the molecule is C=CCn1cc(-c2ccco2)ccc1=O. The van der Waals surface area contributed by atoms with Gasteiger partial charge in [-0.05, 0) is 18.2 Å². The highest BCUT2D eigenvalue weighted by atomic mass is 16.3. The summed E-state index contributed by atoms with van der Waals surface area (Å²) in [6.45, 7) is 4.11. The van der Waals surface area contributed by atoms with E-state index in [-0.39, 0.29) is 5.56 Å².